The van der Waals surface area contributed by atoms with Crippen molar-refractivity contribution in [1.82, 2.24) is 14.0 Å². The smallest absolute Gasteiger partial charge is 0.329 e. The molecule has 0 aliphatic rings. The van der Waals surface area contributed by atoms with E-state index in [0.717, 1.165) is 5.52 Å². The quantitative estimate of drug-likeness (QED) is 0.484. The lowest BCUT2D eigenvalue weighted by Gasteiger charge is -2.25. The molecule has 0 unspecified atom stereocenters. The molecule has 3 aromatic rings. The zero-order valence-electron chi connectivity index (χ0n) is 16.0. The number of carbonyl (C=O) groups excluding carboxylic acids is 1. The molecule has 0 aliphatic heterocycles. The molecule has 0 aliphatic carbocycles. The second-order valence-electron chi connectivity index (χ2n) is 6.63. The monoisotopic (exact) mass is 382 g/mol. The third kappa shape index (κ3) is 3.40. The molecule has 1 heterocycles. The van der Waals surface area contributed by atoms with Crippen LogP contribution in [0.25, 0.3) is 11.0 Å². The highest BCUT2D eigenvalue weighted by atomic mass is 16.6. The van der Waals surface area contributed by atoms with Gasteiger partial charge in [-0.25, -0.2) is 4.79 Å². The molecule has 0 spiro atoms. The summed E-state index contributed by atoms with van der Waals surface area (Å²) in [4.78, 5) is 37.6. The summed E-state index contributed by atoms with van der Waals surface area (Å²) in [5.41, 5.74) is 1.91. The van der Waals surface area contributed by atoms with E-state index in [1.807, 2.05) is 31.2 Å². The predicted molar refractivity (Wildman–Crippen MR) is 106 cm³/mol. The van der Waals surface area contributed by atoms with Gasteiger partial charge in [-0.15, -0.1) is 0 Å². The molecule has 0 radical (unpaired) electrons. The lowest BCUT2D eigenvalue weighted by molar-refractivity contribution is -0.384. The Labute approximate surface area is 161 Å². The molecule has 1 aromatic heterocycles. The zero-order valence-corrected chi connectivity index (χ0v) is 16.0. The summed E-state index contributed by atoms with van der Waals surface area (Å²) in [5, 5.41) is 11.0. The number of imidazole rings is 1. The van der Waals surface area contributed by atoms with E-state index in [0.29, 0.717) is 17.6 Å². The van der Waals surface area contributed by atoms with Gasteiger partial charge < -0.3 is 4.90 Å². The maximum Gasteiger partial charge on any atom is 0.329 e. The normalized spacial score (nSPS) is 12.1. The summed E-state index contributed by atoms with van der Waals surface area (Å²) in [6.45, 7) is 4.11. The van der Waals surface area contributed by atoms with E-state index < -0.39 is 4.92 Å². The lowest BCUT2D eigenvalue weighted by atomic mass is 10.1. The van der Waals surface area contributed by atoms with Crippen molar-refractivity contribution in [2.75, 3.05) is 7.05 Å². The van der Waals surface area contributed by atoms with Gasteiger partial charge >= 0.3 is 5.69 Å². The van der Waals surface area contributed by atoms with E-state index in [2.05, 4.69) is 0 Å². The van der Waals surface area contributed by atoms with Crippen LogP contribution < -0.4 is 5.69 Å². The fourth-order valence-electron chi connectivity index (χ4n) is 3.32. The minimum Gasteiger partial charge on any atom is -0.337 e. The number of aryl methyl sites for hydroxylation is 1. The number of non-ortho nitro benzene ring substituents is 1. The predicted octanol–water partition coefficient (Wildman–Crippen LogP) is 2.95. The number of nitro benzene ring substituents is 1. The Balaban J connectivity index is 1.88. The summed E-state index contributed by atoms with van der Waals surface area (Å²) in [6.07, 6.45) is 0. The highest BCUT2D eigenvalue weighted by molar-refractivity contribution is 5.81. The Morgan fingerprint density at radius 1 is 1.14 bits per heavy atom. The van der Waals surface area contributed by atoms with Gasteiger partial charge in [0.1, 0.15) is 6.54 Å². The van der Waals surface area contributed by atoms with Gasteiger partial charge in [-0.1, -0.05) is 24.3 Å². The van der Waals surface area contributed by atoms with Crippen LogP contribution in [0.4, 0.5) is 5.69 Å². The summed E-state index contributed by atoms with van der Waals surface area (Å²) in [5.74, 6) is -0.250. The second-order valence-corrected chi connectivity index (χ2v) is 6.63. The number of aromatic nitrogens is 2. The van der Waals surface area contributed by atoms with E-state index >= 15 is 0 Å². The van der Waals surface area contributed by atoms with Crippen LogP contribution >= 0.6 is 0 Å². The number of hydrogen-bond acceptors (Lipinski definition) is 4. The Morgan fingerprint density at radius 2 is 1.79 bits per heavy atom. The van der Waals surface area contributed by atoms with Crippen LogP contribution in [0, 0.1) is 10.1 Å². The summed E-state index contributed by atoms with van der Waals surface area (Å²) < 4.78 is 3.10. The Morgan fingerprint density at radius 3 is 2.39 bits per heavy atom. The number of nitro groups is 1. The molecule has 0 N–H and O–H groups in total. The summed E-state index contributed by atoms with van der Waals surface area (Å²) >= 11 is 0. The molecule has 1 atom stereocenters. The molecule has 8 heteroatoms. The maximum absolute atomic E-state index is 12.9. The molecular weight excluding hydrogens is 360 g/mol. The molecular formula is C20H22N4O4. The van der Waals surface area contributed by atoms with E-state index in [-0.39, 0.29) is 29.9 Å². The number of likely N-dealkylation sites (N-methyl/N-ethyl adjacent to an activating group) is 1. The van der Waals surface area contributed by atoms with Crippen LogP contribution in [-0.2, 0) is 17.9 Å². The minimum atomic E-state index is -0.461. The average molecular weight is 382 g/mol. The maximum atomic E-state index is 12.9. The Kier molecular flexibility index (Phi) is 5.30. The van der Waals surface area contributed by atoms with E-state index in [9.17, 15) is 19.7 Å². The molecule has 0 fully saturated rings. The number of benzene rings is 2. The summed E-state index contributed by atoms with van der Waals surface area (Å²) in [7, 11) is 1.63. The standard InChI is InChI=1S/C20H22N4O4/c1-4-22-17-10-5-6-11-18(17)23(20(22)26)13-19(25)21(3)14(2)15-8-7-9-16(12-15)24(27)28/h5-12,14H,4,13H2,1-3H3/t14-/m0/s1. The first kappa shape index (κ1) is 19.3. The molecule has 3 rings (SSSR count). The van der Waals surface area contributed by atoms with Crippen LogP contribution in [0.2, 0.25) is 0 Å². The molecule has 0 saturated heterocycles. The number of nitrogens with zero attached hydrogens (tertiary/aromatic N) is 4. The van der Waals surface area contributed by atoms with Gasteiger partial charge in [0.15, 0.2) is 0 Å². The fraction of sp³-hybridized carbons (Fsp3) is 0.300. The molecule has 1 amide bonds. The highest BCUT2D eigenvalue weighted by Crippen LogP contribution is 2.23. The largest absolute Gasteiger partial charge is 0.337 e. The minimum absolute atomic E-state index is 0.0209. The van der Waals surface area contributed by atoms with Crippen molar-refractivity contribution in [3.05, 3.63) is 74.7 Å². The zero-order chi connectivity index (χ0) is 20.4. The first-order valence-corrected chi connectivity index (χ1v) is 9.03. The SMILES string of the molecule is CCn1c(=O)n(CC(=O)N(C)[C@@H](C)c2cccc([N+](=O)[O-])c2)c2ccccc21. The molecule has 28 heavy (non-hydrogen) atoms. The number of para-hydroxylation sites is 2. The van der Waals surface area contributed by atoms with Gasteiger partial charge in [0, 0.05) is 25.7 Å². The number of amides is 1. The molecule has 0 bridgehead atoms. The van der Waals surface area contributed by atoms with E-state index in [4.69, 9.17) is 0 Å². The summed E-state index contributed by atoms with van der Waals surface area (Å²) in [6, 6.07) is 13.2. The van der Waals surface area contributed by atoms with E-state index in [1.165, 1.54) is 21.6 Å². The van der Waals surface area contributed by atoms with Crippen molar-refractivity contribution in [1.29, 1.82) is 0 Å². The van der Waals surface area contributed by atoms with Crippen molar-refractivity contribution in [2.24, 2.45) is 0 Å². The van der Waals surface area contributed by atoms with Crippen LogP contribution in [0.3, 0.4) is 0 Å². The average Bonchev–Trinajstić information content (AvgIpc) is 2.97. The molecule has 8 nitrogen and oxygen atoms in total. The van der Waals surface area contributed by atoms with Crippen LogP contribution in [0.5, 0.6) is 0 Å². The third-order valence-corrected chi connectivity index (χ3v) is 5.07. The third-order valence-electron chi connectivity index (χ3n) is 5.07. The van der Waals surface area contributed by atoms with E-state index in [1.54, 1.807) is 30.7 Å². The molecule has 0 saturated carbocycles. The first-order chi connectivity index (χ1) is 13.3. The topological polar surface area (TPSA) is 90.4 Å². The van der Waals surface area contributed by atoms with Gasteiger partial charge in [0.2, 0.25) is 5.91 Å². The fourth-order valence-corrected chi connectivity index (χ4v) is 3.32. The Bertz CT molecular complexity index is 1100. The second kappa shape index (κ2) is 7.67. The van der Waals surface area contributed by atoms with Crippen molar-refractivity contribution in [3.8, 4) is 0 Å². The number of rotatable bonds is 6. The Hall–Kier alpha value is -3.42. The van der Waals surface area contributed by atoms with Gasteiger partial charge in [-0.05, 0) is 31.5 Å². The number of fused-ring (bicyclic) bond motifs is 1. The van der Waals surface area contributed by atoms with Crippen molar-refractivity contribution in [3.63, 3.8) is 0 Å². The van der Waals surface area contributed by atoms with Gasteiger partial charge in [-0.2, -0.15) is 0 Å². The molecule has 146 valence electrons. The number of hydrogen-bond donors (Lipinski definition) is 0. The van der Waals surface area contributed by atoms with Crippen LogP contribution in [0.1, 0.15) is 25.5 Å². The van der Waals surface area contributed by atoms with Crippen molar-refractivity contribution in [2.45, 2.75) is 33.0 Å². The van der Waals surface area contributed by atoms with Crippen molar-refractivity contribution >= 4 is 22.6 Å². The van der Waals surface area contributed by atoms with Gasteiger partial charge in [0.25, 0.3) is 5.69 Å². The highest BCUT2D eigenvalue weighted by Gasteiger charge is 2.22. The van der Waals surface area contributed by atoms with Crippen LogP contribution in [-0.4, -0.2) is 31.9 Å². The number of carbonyl (C=O) groups is 1. The van der Waals surface area contributed by atoms with Gasteiger partial charge in [-0.3, -0.25) is 24.0 Å². The first-order valence-electron chi connectivity index (χ1n) is 9.03. The molecule has 2 aromatic carbocycles. The lowest BCUT2D eigenvalue weighted by Crippen LogP contribution is -2.35. The van der Waals surface area contributed by atoms with Crippen molar-refractivity contribution < 1.29 is 9.72 Å². The van der Waals surface area contributed by atoms with Crippen LogP contribution in [0.15, 0.2) is 53.3 Å². The van der Waals surface area contributed by atoms with Gasteiger partial charge in [0.05, 0.1) is 22.0 Å².